The van der Waals surface area contributed by atoms with Crippen LogP contribution in [0.5, 0.6) is 0 Å². The summed E-state index contributed by atoms with van der Waals surface area (Å²) in [5.74, 6) is -2.18. The van der Waals surface area contributed by atoms with Gasteiger partial charge >= 0.3 is 0 Å². The van der Waals surface area contributed by atoms with E-state index in [4.69, 9.17) is 9.72 Å². The number of rotatable bonds is 4. The second-order valence-corrected chi connectivity index (χ2v) is 6.07. The number of aryl methyl sites for hydroxylation is 1. The van der Waals surface area contributed by atoms with Gasteiger partial charge < -0.3 is 4.74 Å². The molecule has 0 aromatic carbocycles. The molecule has 3 nitrogen and oxygen atoms in total. The zero-order chi connectivity index (χ0) is 14.9. The molecule has 1 aromatic heterocycles. The third-order valence-electron chi connectivity index (χ3n) is 4.42. The van der Waals surface area contributed by atoms with Crippen molar-refractivity contribution in [2.75, 3.05) is 26.3 Å². The molecule has 0 bridgehead atoms. The molecule has 0 unspecified atom stereocenters. The Morgan fingerprint density at radius 2 is 2.29 bits per heavy atom. The number of aromatic nitrogens is 1. The average Bonchev–Trinajstić information content (AvgIpc) is 3.08. The van der Waals surface area contributed by atoms with Crippen LogP contribution in [0, 0.1) is 0 Å². The Hall–Kier alpha value is -1.07. The summed E-state index contributed by atoms with van der Waals surface area (Å²) >= 11 is 0. The summed E-state index contributed by atoms with van der Waals surface area (Å²) in [5.41, 5.74) is 3.17. The van der Waals surface area contributed by atoms with Crippen LogP contribution in [-0.4, -0.2) is 42.1 Å². The maximum Gasteiger partial charge on any atom is 0.261 e. The van der Waals surface area contributed by atoms with Gasteiger partial charge in [0.25, 0.3) is 5.92 Å². The number of hydrogen-bond donors (Lipinski definition) is 0. The van der Waals surface area contributed by atoms with Gasteiger partial charge in [-0.25, -0.2) is 8.78 Å². The molecular weight excluding hydrogens is 274 g/mol. The predicted molar refractivity (Wildman–Crippen MR) is 76.6 cm³/mol. The second-order valence-electron chi connectivity index (χ2n) is 6.07. The third-order valence-corrected chi connectivity index (χ3v) is 4.42. The summed E-state index contributed by atoms with van der Waals surface area (Å²) in [6.45, 7) is 4.39. The number of alkyl halides is 2. The Kier molecular flexibility index (Phi) is 4.22. The first-order chi connectivity index (χ1) is 10.1. The Morgan fingerprint density at radius 1 is 1.43 bits per heavy atom. The maximum absolute atomic E-state index is 13.4. The van der Waals surface area contributed by atoms with Gasteiger partial charge in [0.1, 0.15) is 0 Å². The van der Waals surface area contributed by atoms with Gasteiger partial charge in [0.15, 0.2) is 0 Å². The lowest BCUT2D eigenvalue weighted by Gasteiger charge is -2.20. The summed E-state index contributed by atoms with van der Waals surface area (Å²) in [4.78, 5) is 6.53. The van der Waals surface area contributed by atoms with E-state index in [1.807, 2.05) is 4.90 Å². The van der Waals surface area contributed by atoms with E-state index in [1.165, 1.54) is 5.56 Å². The molecule has 2 saturated heterocycles. The number of pyridine rings is 1. The maximum atomic E-state index is 13.4. The molecule has 0 radical (unpaired) electrons. The topological polar surface area (TPSA) is 25.4 Å². The SMILES string of the molecule is CCc1ccc([C@H]2CCOC2)c(CN2CCC(F)(F)C2)n1. The smallest absolute Gasteiger partial charge is 0.261 e. The van der Waals surface area contributed by atoms with E-state index in [0.29, 0.717) is 19.0 Å². The Balaban J connectivity index is 1.81. The summed E-state index contributed by atoms with van der Waals surface area (Å²) in [6.07, 6.45) is 1.82. The zero-order valence-electron chi connectivity index (χ0n) is 12.4. The average molecular weight is 296 g/mol. The molecule has 0 aliphatic carbocycles. The van der Waals surface area contributed by atoms with Crippen molar-refractivity contribution in [2.24, 2.45) is 0 Å². The number of hydrogen-bond acceptors (Lipinski definition) is 3. The highest BCUT2D eigenvalue weighted by Gasteiger charge is 2.38. The Morgan fingerprint density at radius 3 is 2.90 bits per heavy atom. The van der Waals surface area contributed by atoms with E-state index in [1.54, 1.807) is 0 Å². The van der Waals surface area contributed by atoms with Gasteiger partial charge in [-0.3, -0.25) is 9.88 Å². The van der Waals surface area contributed by atoms with Crippen molar-refractivity contribution in [3.05, 3.63) is 29.1 Å². The predicted octanol–water partition coefficient (Wildman–Crippen LogP) is 2.99. The van der Waals surface area contributed by atoms with E-state index in [2.05, 4.69) is 19.1 Å². The fourth-order valence-electron chi connectivity index (χ4n) is 3.19. The fourth-order valence-corrected chi connectivity index (χ4v) is 3.19. The lowest BCUT2D eigenvalue weighted by atomic mass is 9.96. The molecule has 1 atom stereocenters. The summed E-state index contributed by atoms with van der Waals surface area (Å²) in [6, 6.07) is 4.17. The van der Waals surface area contributed by atoms with Crippen LogP contribution >= 0.6 is 0 Å². The number of ether oxygens (including phenoxy) is 1. The van der Waals surface area contributed by atoms with Gasteiger partial charge in [0.2, 0.25) is 0 Å². The van der Waals surface area contributed by atoms with Gasteiger partial charge in [-0.05, 0) is 24.5 Å². The van der Waals surface area contributed by atoms with Crippen LogP contribution in [0.3, 0.4) is 0 Å². The lowest BCUT2D eigenvalue weighted by Crippen LogP contribution is -2.26. The zero-order valence-corrected chi connectivity index (χ0v) is 12.4. The molecule has 21 heavy (non-hydrogen) atoms. The van der Waals surface area contributed by atoms with Crippen molar-refractivity contribution >= 4 is 0 Å². The van der Waals surface area contributed by atoms with Gasteiger partial charge in [-0.1, -0.05) is 13.0 Å². The highest BCUT2D eigenvalue weighted by molar-refractivity contribution is 5.28. The molecule has 0 amide bonds. The Labute approximate surface area is 124 Å². The van der Waals surface area contributed by atoms with Crippen LogP contribution in [0.1, 0.15) is 42.6 Å². The van der Waals surface area contributed by atoms with E-state index in [-0.39, 0.29) is 13.0 Å². The highest BCUT2D eigenvalue weighted by Crippen LogP contribution is 2.31. The molecule has 0 N–H and O–H groups in total. The third kappa shape index (κ3) is 3.40. The van der Waals surface area contributed by atoms with Gasteiger partial charge in [-0.15, -0.1) is 0 Å². The second kappa shape index (κ2) is 5.97. The summed E-state index contributed by atoms with van der Waals surface area (Å²) < 4.78 is 32.2. The first-order valence-corrected chi connectivity index (χ1v) is 7.74. The van der Waals surface area contributed by atoms with E-state index < -0.39 is 5.92 Å². The molecule has 1 aromatic rings. The molecule has 2 aliphatic rings. The van der Waals surface area contributed by atoms with E-state index in [9.17, 15) is 8.78 Å². The first-order valence-electron chi connectivity index (χ1n) is 7.74. The minimum Gasteiger partial charge on any atom is -0.381 e. The van der Waals surface area contributed by atoms with Gasteiger partial charge in [-0.2, -0.15) is 0 Å². The molecule has 3 rings (SSSR count). The van der Waals surface area contributed by atoms with Crippen LogP contribution < -0.4 is 0 Å². The number of halogens is 2. The van der Waals surface area contributed by atoms with Crippen molar-refractivity contribution in [3.8, 4) is 0 Å². The molecule has 3 heterocycles. The molecular formula is C16H22F2N2O. The summed E-state index contributed by atoms with van der Waals surface area (Å²) in [5, 5.41) is 0. The van der Waals surface area contributed by atoms with Crippen LogP contribution in [0.25, 0.3) is 0 Å². The van der Waals surface area contributed by atoms with Crippen LogP contribution in [0.15, 0.2) is 12.1 Å². The van der Waals surface area contributed by atoms with Crippen LogP contribution in [0.2, 0.25) is 0 Å². The highest BCUT2D eigenvalue weighted by atomic mass is 19.3. The normalized spacial score (nSPS) is 25.6. The number of likely N-dealkylation sites (tertiary alicyclic amines) is 1. The van der Waals surface area contributed by atoms with Gasteiger partial charge in [0, 0.05) is 37.7 Å². The minimum absolute atomic E-state index is 0.0393. The molecule has 116 valence electrons. The fraction of sp³-hybridized carbons (Fsp3) is 0.688. The van der Waals surface area contributed by atoms with Crippen molar-refractivity contribution < 1.29 is 13.5 Å². The quantitative estimate of drug-likeness (QED) is 0.854. The molecule has 2 fully saturated rings. The first kappa shape index (κ1) is 14.9. The minimum atomic E-state index is -2.54. The van der Waals surface area contributed by atoms with Crippen molar-refractivity contribution in [3.63, 3.8) is 0 Å². The Bertz CT molecular complexity index is 501. The van der Waals surface area contributed by atoms with Crippen molar-refractivity contribution in [1.29, 1.82) is 0 Å². The monoisotopic (exact) mass is 296 g/mol. The molecule has 5 heteroatoms. The van der Waals surface area contributed by atoms with Crippen LogP contribution in [0.4, 0.5) is 8.78 Å². The van der Waals surface area contributed by atoms with E-state index >= 15 is 0 Å². The van der Waals surface area contributed by atoms with E-state index in [0.717, 1.165) is 37.4 Å². The standard InChI is InChI=1S/C16H22F2N2O/c1-2-13-3-4-14(12-5-8-21-10-12)15(19-13)9-20-7-6-16(17,18)11-20/h3-4,12H,2,5-11H2,1H3/t12-/m0/s1. The summed E-state index contributed by atoms with van der Waals surface area (Å²) in [7, 11) is 0. The molecule has 0 spiro atoms. The lowest BCUT2D eigenvalue weighted by molar-refractivity contribution is 0.0113. The van der Waals surface area contributed by atoms with Crippen LogP contribution in [-0.2, 0) is 17.7 Å². The molecule has 2 aliphatic heterocycles. The number of nitrogens with zero attached hydrogens (tertiary/aromatic N) is 2. The molecule has 0 saturated carbocycles. The largest absolute Gasteiger partial charge is 0.381 e. The van der Waals surface area contributed by atoms with Crippen molar-refractivity contribution in [2.45, 2.75) is 44.6 Å². The van der Waals surface area contributed by atoms with Gasteiger partial charge in [0.05, 0.1) is 18.8 Å². The van der Waals surface area contributed by atoms with Crippen molar-refractivity contribution in [1.82, 2.24) is 9.88 Å².